The van der Waals surface area contributed by atoms with Crippen LogP contribution >= 0.6 is 11.6 Å². The number of halogens is 1. The molecule has 0 bridgehead atoms. The van der Waals surface area contributed by atoms with Gasteiger partial charge in [0, 0.05) is 5.69 Å². The Balaban J connectivity index is 1.81. The van der Waals surface area contributed by atoms with E-state index in [-0.39, 0.29) is 24.6 Å². The summed E-state index contributed by atoms with van der Waals surface area (Å²) in [6.07, 6.45) is 0. The highest BCUT2D eigenvalue weighted by Gasteiger charge is 2.12. The molecule has 3 amide bonds. The first-order valence-electron chi connectivity index (χ1n) is 8.45. The number of carbonyl (C=O) groups is 3. The lowest BCUT2D eigenvalue weighted by molar-refractivity contribution is -0.123. The Morgan fingerprint density at radius 1 is 0.889 bits per heavy atom. The number of aryl methyl sites for hydroxylation is 3. The van der Waals surface area contributed by atoms with Gasteiger partial charge in [0.2, 0.25) is 11.8 Å². The number of benzene rings is 2. The molecule has 27 heavy (non-hydrogen) atoms. The van der Waals surface area contributed by atoms with Crippen LogP contribution in [0.25, 0.3) is 0 Å². The summed E-state index contributed by atoms with van der Waals surface area (Å²) in [5, 5.41) is 8.05. The quantitative estimate of drug-likeness (QED) is 0.712. The smallest absolute Gasteiger partial charge is 0.253 e. The summed E-state index contributed by atoms with van der Waals surface area (Å²) in [5.41, 5.74) is 4.06. The first kappa shape index (κ1) is 20.5. The zero-order valence-corrected chi connectivity index (χ0v) is 16.2. The second kappa shape index (κ2) is 9.19. The average Bonchev–Trinajstić information content (AvgIpc) is 2.61. The summed E-state index contributed by atoms with van der Waals surface area (Å²) in [6, 6.07) is 10.5. The standard InChI is InChI=1S/C20H22ClN3O3/c1-12-8-13(2)19(14(3)9-12)24-18(26)11-22-17(25)10-23-20(27)15-6-4-5-7-16(15)21/h4-9H,10-11H2,1-3H3,(H,22,25)(H,23,27)(H,24,26). The summed E-state index contributed by atoms with van der Waals surface area (Å²) in [6.45, 7) is 5.38. The SMILES string of the molecule is Cc1cc(C)c(NC(=O)CNC(=O)CNC(=O)c2ccccc2Cl)c(C)c1. The number of hydrogen-bond donors (Lipinski definition) is 3. The third-order valence-corrected chi connectivity index (χ3v) is 4.25. The molecular formula is C20H22ClN3O3. The molecule has 0 atom stereocenters. The Morgan fingerprint density at radius 2 is 1.48 bits per heavy atom. The van der Waals surface area contributed by atoms with Crippen molar-refractivity contribution in [1.29, 1.82) is 0 Å². The van der Waals surface area contributed by atoms with Gasteiger partial charge in [-0.15, -0.1) is 0 Å². The Labute approximate surface area is 163 Å². The molecule has 7 heteroatoms. The van der Waals surface area contributed by atoms with Gasteiger partial charge in [0.1, 0.15) is 0 Å². The number of amides is 3. The molecule has 0 aliphatic carbocycles. The van der Waals surface area contributed by atoms with Crippen molar-refractivity contribution in [3.63, 3.8) is 0 Å². The number of anilines is 1. The molecule has 0 unspecified atom stereocenters. The Hall–Kier alpha value is -2.86. The maximum Gasteiger partial charge on any atom is 0.253 e. The molecular weight excluding hydrogens is 366 g/mol. The molecule has 0 aromatic heterocycles. The van der Waals surface area contributed by atoms with Crippen molar-refractivity contribution in [3.8, 4) is 0 Å². The first-order chi connectivity index (χ1) is 12.8. The monoisotopic (exact) mass is 387 g/mol. The molecule has 2 aromatic carbocycles. The summed E-state index contributed by atoms with van der Waals surface area (Å²) < 4.78 is 0. The van der Waals surface area contributed by atoms with E-state index >= 15 is 0 Å². The lowest BCUT2D eigenvalue weighted by atomic mass is 10.1. The van der Waals surface area contributed by atoms with Crippen molar-refractivity contribution in [2.24, 2.45) is 0 Å². The second-order valence-corrected chi connectivity index (χ2v) is 6.67. The molecule has 6 nitrogen and oxygen atoms in total. The number of nitrogens with one attached hydrogen (secondary N) is 3. The predicted molar refractivity (Wildman–Crippen MR) is 106 cm³/mol. The molecule has 0 heterocycles. The van der Waals surface area contributed by atoms with Crippen molar-refractivity contribution in [3.05, 3.63) is 63.7 Å². The minimum Gasteiger partial charge on any atom is -0.345 e. The summed E-state index contributed by atoms with van der Waals surface area (Å²) in [4.78, 5) is 35.9. The van der Waals surface area contributed by atoms with Crippen LogP contribution in [0.3, 0.4) is 0 Å². The fourth-order valence-electron chi connectivity index (χ4n) is 2.70. The van der Waals surface area contributed by atoms with Crippen molar-refractivity contribution < 1.29 is 14.4 Å². The van der Waals surface area contributed by atoms with Crippen LogP contribution in [-0.2, 0) is 9.59 Å². The highest BCUT2D eigenvalue weighted by Crippen LogP contribution is 2.21. The van der Waals surface area contributed by atoms with Crippen LogP contribution in [0.5, 0.6) is 0 Å². The Bertz CT molecular complexity index is 858. The van der Waals surface area contributed by atoms with Gasteiger partial charge < -0.3 is 16.0 Å². The van der Waals surface area contributed by atoms with E-state index in [2.05, 4.69) is 16.0 Å². The molecule has 3 N–H and O–H groups in total. The molecule has 2 aromatic rings. The molecule has 0 radical (unpaired) electrons. The van der Waals surface area contributed by atoms with Crippen LogP contribution in [0, 0.1) is 20.8 Å². The van der Waals surface area contributed by atoms with Crippen LogP contribution < -0.4 is 16.0 Å². The van der Waals surface area contributed by atoms with E-state index < -0.39 is 11.8 Å². The first-order valence-corrected chi connectivity index (χ1v) is 8.83. The van der Waals surface area contributed by atoms with Crippen LogP contribution in [0.4, 0.5) is 5.69 Å². The predicted octanol–water partition coefficient (Wildman–Crippen LogP) is 2.75. The van der Waals surface area contributed by atoms with Crippen molar-refractivity contribution in [2.75, 3.05) is 18.4 Å². The highest BCUT2D eigenvalue weighted by atomic mass is 35.5. The Morgan fingerprint density at radius 3 is 2.11 bits per heavy atom. The van der Waals surface area contributed by atoms with E-state index in [0.717, 1.165) is 22.4 Å². The fourth-order valence-corrected chi connectivity index (χ4v) is 2.92. The van der Waals surface area contributed by atoms with E-state index in [9.17, 15) is 14.4 Å². The Kier molecular flexibility index (Phi) is 6.96. The largest absolute Gasteiger partial charge is 0.345 e. The van der Waals surface area contributed by atoms with E-state index in [1.54, 1.807) is 24.3 Å². The van der Waals surface area contributed by atoms with Gasteiger partial charge in [-0.25, -0.2) is 0 Å². The molecule has 0 spiro atoms. The van der Waals surface area contributed by atoms with E-state index in [1.807, 2.05) is 32.9 Å². The number of hydrogen-bond acceptors (Lipinski definition) is 3. The molecule has 0 fully saturated rings. The highest BCUT2D eigenvalue weighted by molar-refractivity contribution is 6.33. The van der Waals surface area contributed by atoms with Gasteiger partial charge in [-0.2, -0.15) is 0 Å². The van der Waals surface area contributed by atoms with Crippen LogP contribution in [-0.4, -0.2) is 30.8 Å². The van der Waals surface area contributed by atoms with Gasteiger partial charge in [0.15, 0.2) is 0 Å². The number of carbonyl (C=O) groups excluding carboxylic acids is 3. The maximum absolute atomic E-state index is 12.1. The molecule has 0 saturated heterocycles. The maximum atomic E-state index is 12.1. The summed E-state index contributed by atoms with van der Waals surface area (Å²) in [7, 11) is 0. The lowest BCUT2D eigenvalue weighted by Gasteiger charge is -2.13. The zero-order chi connectivity index (χ0) is 20.0. The zero-order valence-electron chi connectivity index (χ0n) is 15.5. The van der Waals surface area contributed by atoms with Crippen molar-refractivity contribution in [2.45, 2.75) is 20.8 Å². The van der Waals surface area contributed by atoms with Gasteiger partial charge >= 0.3 is 0 Å². The van der Waals surface area contributed by atoms with Crippen LogP contribution in [0.1, 0.15) is 27.0 Å². The average molecular weight is 388 g/mol. The molecule has 142 valence electrons. The molecule has 0 saturated carbocycles. The summed E-state index contributed by atoms with van der Waals surface area (Å²) in [5.74, 6) is -1.26. The van der Waals surface area contributed by atoms with Crippen LogP contribution in [0.15, 0.2) is 36.4 Å². The van der Waals surface area contributed by atoms with Crippen molar-refractivity contribution in [1.82, 2.24) is 10.6 Å². The van der Waals surface area contributed by atoms with E-state index in [4.69, 9.17) is 11.6 Å². The molecule has 2 rings (SSSR count). The minimum atomic E-state index is -0.470. The minimum absolute atomic E-state index is 0.187. The topological polar surface area (TPSA) is 87.3 Å². The van der Waals surface area contributed by atoms with E-state index in [0.29, 0.717) is 5.02 Å². The second-order valence-electron chi connectivity index (χ2n) is 6.26. The normalized spacial score (nSPS) is 10.2. The molecule has 0 aliphatic heterocycles. The fraction of sp³-hybridized carbons (Fsp3) is 0.250. The van der Waals surface area contributed by atoms with Gasteiger partial charge in [-0.3, -0.25) is 14.4 Å². The third-order valence-electron chi connectivity index (χ3n) is 3.92. The summed E-state index contributed by atoms with van der Waals surface area (Å²) >= 11 is 5.94. The van der Waals surface area contributed by atoms with Crippen molar-refractivity contribution >= 4 is 35.0 Å². The lowest BCUT2D eigenvalue weighted by Crippen LogP contribution is -2.40. The van der Waals surface area contributed by atoms with E-state index in [1.165, 1.54) is 0 Å². The van der Waals surface area contributed by atoms with Gasteiger partial charge in [0.25, 0.3) is 5.91 Å². The third kappa shape index (κ3) is 5.82. The van der Waals surface area contributed by atoms with Gasteiger partial charge in [-0.1, -0.05) is 41.4 Å². The van der Waals surface area contributed by atoms with Gasteiger partial charge in [-0.05, 0) is 44.0 Å². The van der Waals surface area contributed by atoms with Gasteiger partial charge in [0.05, 0.1) is 23.7 Å². The van der Waals surface area contributed by atoms with Crippen LogP contribution in [0.2, 0.25) is 5.02 Å². The number of rotatable bonds is 6. The molecule has 0 aliphatic rings.